The first-order valence-electron chi connectivity index (χ1n) is 6.12. The van der Waals surface area contributed by atoms with Crippen LogP contribution in [-0.4, -0.2) is 44.0 Å². The molecule has 94 valence electrons. The van der Waals surface area contributed by atoms with Crippen LogP contribution in [0.5, 0.6) is 0 Å². The van der Waals surface area contributed by atoms with Gasteiger partial charge in [-0.3, -0.25) is 4.79 Å². The number of nitrogens with two attached hydrogens (primary N) is 1. The van der Waals surface area contributed by atoms with Gasteiger partial charge in [-0.1, -0.05) is 6.42 Å². The number of nitrogens with one attached hydrogen (secondary N) is 1. The highest BCUT2D eigenvalue weighted by molar-refractivity contribution is 5.77. The highest BCUT2D eigenvalue weighted by Gasteiger charge is 2.37. The van der Waals surface area contributed by atoms with Gasteiger partial charge < -0.3 is 16.0 Å². The van der Waals surface area contributed by atoms with Crippen molar-refractivity contribution in [3.63, 3.8) is 0 Å². The molecule has 1 aliphatic rings. The molecule has 0 radical (unpaired) electrons. The van der Waals surface area contributed by atoms with Crippen LogP contribution in [0.2, 0.25) is 0 Å². The maximum Gasteiger partial charge on any atom is 0.220 e. The highest BCUT2D eigenvalue weighted by Crippen LogP contribution is 2.42. The molecule has 16 heavy (non-hydrogen) atoms. The smallest absolute Gasteiger partial charge is 0.220 e. The molecule has 1 saturated carbocycles. The van der Waals surface area contributed by atoms with E-state index in [9.17, 15) is 4.79 Å². The van der Waals surface area contributed by atoms with Crippen molar-refractivity contribution in [1.82, 2.24) is 10.2 Å². The van der Waals surface area contributed by atoms with Crippen LogP contribution in [0.15, 0.2) is 0 Å². The van der Waals surface area contributed by atoms with Crippen molar-refractivity contribution >= 4 is 5.91 Å². The Morgan fingerprint density at radius 3 is 2.50 bits per heavy atom. The lowest BCUT2D eigenvalue weighted by Crippen LogP contribution is -2.45. The Morgan fingerprint density at radius 1 is 1.50 bits per heavy atom. The summed E-state index contributed by atoms with van der Waals surface area (Å²) in [5.74, 6) is 0.152. The lowest BCUT2D eigenvalue weighted by atomic mass is 9.66. The van der Waals surface area contributed by atoms with E-state index in [1.54, 1.807) is 0 Å². The molecule has 1 rings (SSSR count). The third kappa shape index (κ3) is 3.76. The lowest BCUT2D eigenvalue weighted by Gasteiger charge is -2.40. The van der Waals surface area contributed by atoms with Crippen LogP contribution in [0.25, 0.3) is 0 Å². The zero-order valence-electron chi connectivity index (χ0n) is 10.8. The van der Waals surface area contributed by atoms with Gasteiger partial charge in [0.2, 0.25) is 5.91 Å². The summed E-state index contributed by atoms with van der Waals surface area (Å²) in [4.78, 5) is 13.9. The Bertz CT molecular complexity index is 231. The van der Waals surface area contributed by atoms with Crippen LogP contribution in [0.1, 0.15) is 32.6 Å². The molecule has 1 amide bonds. The molecular formula is C12H25N3O. The fraction of sp³-hybridized carbons (Fsp3) is 0.917. The van der Waals surface area contributed by atoms with Crippen molar-refractivity contribution in [2.45, 2.75) is 38.6 Å². The number of hydrogen-bond donors (Lipinski definition) is 2. The van der Waals surface area contributed by atoms with Crippen LogP contribution in [-0.2, 0) is 4.79 Å². The molecule has 1 aliphatic carbocycles. The monoisotopic (exact) mass is 227 g/mol. The summed E-state index contributed by atoms with van der Waals surface area (Å²) in [6.45, 7) is 3.55. The molecule has 1 unspecified atom stereocenters. The minimum Gasteiger partial charge on any atom is -0.352 e. The van der Waals surface area contributed by atoms with Gasteiger partial charge in [-0.15, -0.1) is 0 Å². The predicted octanol–water partition coefficient (Wildman–Crippen LogP) is 0.572. The zero-order valence-corrected chi connectivity index (χ0v) is 10.8. The SMILES string of the molecule is CC(CN(C)C)NC(=O)CC1(CN)CCC1. The Labute approximate surface area is 98.6 Å². The lowest BCUT2D eigenvalue weighted by molar-refractivity contribution is -0.125. The third-order valence-corrected chi connectivity index (χ3v) is 3.43. The molecule has 4 nitrogen and oxygen atoms in total. The number of nitrogens with zero attached hydrogens (tertiary/aromatic N) is 1. The summed E-state index contributed by atoms with van der Waals surface area (Å²) < 4.78 is 0. The van der Waals surface area contributed by atoms with E-state index < -0.39 is 0 Å². The Balaban J connectivity index is 2.29. The van der Waals surface area contributed by atoms with Gasteiger partial charge in [-0.05, 0) is 45.8 Å². The second-order valence-corrected chi connectivity index (χ2v) is 5.47. The van der Waals surface area contributed by atoms with Crippen molar-refractivity contribution in [2.24, 2.45) is 11.1 Å². The standard InChI is InChI=1S/C12H25N3O/c1-10(8-15(2)3)14-11(16)7-12(9-13)5-4-6-12/h10H,4-9,13H2,1-3H3,(H,14,16). The molecule has 0 aliphatic heterocycles. The number of hydrogen-bond acceptors (Lipinski definition) is 3. The van der Waals surface area contributed by atoms with Crippen molar-refractivity contribution in [3.8, 4) is 0 Å². The molecule has 0 heterocycles. The molecule has 0 bridgehead atoms. The van der Waals surface area contributed by atoms with Crippen LogP contribution in [0.4, 0.5) is 0 Å². The van der Waals surface area contributed by atoms with Gasteiger partial charge in [0.15, 0.2) is 0 Å². The number of likely N-dealkylation sites (N-methyl/N-ethyl adjacent to an activating group) is 1. The van der Waals surface area contributed by atoms with Gasteiger partial charge in [0.05, 0.1) is 0 Å². The van der Waals surface area contributed by atoms with E-state index in [1.165, 1.54) is 6.42 Å². The van der Waals surface area contributed by atoms with E-state index in [0.29, 0.717) is 13.0 Å². The highest BCUT2D eigenvalue weighted by atomic mass is 16.1. The fourth-order valence-electron chi connectivity index (χ4n) is 2.39. The molecule has 1 fully saturated rings. The topological polar surface area (TPSA) is 58.4 Å². The molecule has 0 aromatic carbocycles. The van der Waals surface area contributed by atoms with E-state index in [2.05, 4.69) is 10.2 Å². The Morgan fingerprint density at radius 2 is 2.12 bits per heavy atom. The molecule has 0 aromatic heterocycles. The van der Waals surface area contributed by atoms with Crippen molar-refractivity contribution < 1.29 is 4.79 Å². The number of rotatable bonds is 6. The minimum atomic E-state index is 0.113. The first kappa shape index (κ1) is 13.5. The van der Waals surface area contributed by atoms with Gasteiger partial charge in [0.1, 0.15) is 0 Å². The molecular weight excluding hydrogens is 202 g/mol. The quantitative estimate of drug-likeness (QED) is 0.697. The average Bonchev–Trinajstić information content (AvgIpc) is 2.09. The summed E-state index contributed by atoms with van der Waals surface area (Å²) in [5.41, 5.74) is 5.85. The number of carbonyl (C=O) groups excluding carboxylic acids is 1. The first-order chi connectivity index (χ1) is 7.47. The maximum atomic E-state index is 11.8. The summed E-state index contributed by atoms with van der Waals surface area (Å²) in [5, 5.41) is 3.03. The number of amides is 1. The zero-order chi connectivity index (χ0) is 12.2. The first-order valence-corrected chi connectivity index (χ1v) is 6.12. The van der Waals surface area contributed by atoms with Crippen LogP contribution in [0.3, 0.4) is 0 Å². The van der Waals surface area contributed by atoms with E-state index >= 15 is 0 Å². The average molecular weight is 227 g/mol. The van der Waals surface area contributed by atoms with Crippen LogP contribution >= 0.6 is 0 Å². The summed E-state index contributed by atoms with van der Waals surface area (Å²) in [7, 11) is 4.02. The van der Waals surface area contributed by atoms with E-state index in [1.807, 2.05) is 21.0 Å². The largest absolute Gasteiger partial charge is 0.352 e. The second-order valence-electron chi connectivity index (χ2n) is 5.47. The van der Waals surface area contributed by atoms with Gasteiger partial charge in [0, 0.05) is 19.0 Å². The van der Waals surface area contributed by atoms with Gasteiger partial charge in [-0.2, -0.15) is 0 Å². The fourth-order valence-corrected chi connectivity index (χ4v) is 2.39. The second kappa shape index (κ2) is 5.64. The summed E-state index contributed by atoms with van der Waals surface area (Å²) in [6.07, 6.45) is 4.04. The number of carbonyl (C=O) groups is 1. The van der Waals surface area contributed by atoms with Crippen LogP contribution in [0, 0.1) is 5.41 Å². The summed E-state index contributed by atoms with van der Waals surface area (Å²) >= 11 is 0. The van der Waals surface area contributed by atoms with Gasteiger partial charge in [0.25, 0.3) is 0 Å². The molecule has 0 saturated heterocycles. The Hall–Kier alpha value is -0.610. The Kier molecular flexibility index (Phi) is 4.74. The maximum absolute atomic E-state index is 11.8. The van der Waals surface area contributed by atoms with Gasteiger partial charge in [-0.25, -0.2) is 0 Å². The van der Waals surface area contributed by atoms with Crippen LogP contribution < -0.4 is 11.1 Å². The summed E-state index contributed by atoms with van der Waals surface area (Å²) in [6, 6.07) is 0.206. The minimum absolute atomic E-state index is 0.113. The molecule has 0 aromatic rings. The van der Waals surface area contributed by atoms with Crippen molar-refractivity contribution in [3.05, 3.63) is 0 Å². The van der Waals surface area contributed by atoms with E-state index in [4.69, 9.17) is 5.73 Å². The van der Waals surface area contributed by atoms with Crippen molar-refractivity contribution in [1.29, 1.82) is 0 Å². The predicted molar refractivity (Wildman–Crippen MR) is 66.1 cm³/mol. The molecule has 1 atom stereocenters. The van der Waals surface area contributed by atoms with E-state index in [0.717, 1.165) is 19.4 Å². The molecule has 4 heteroatoms. The molecule has 3 N–H and O–H groups in total. The molecule has 0 spiro atoms. The van der Waals surface area contributed by atoms with Gasteiger partial charge >= 0.3 is 0 Å². The third-order valence-electron chi connectivity index (χ3n) is 3.43. The van der Waals surface area contributed by atoms with E-state index in [-0.39, 0.29) is 17.4 Å². The van der Waals surface area contributed by atoms with Crippen molar-refractivity contribution in [2.75, 3.05) is 27.2 Å². The normalized spacial score (nSPS) is 20.3.